The van der Waals surface area contributed by atoms with Gasteiger partial charge in [-0.05, 0) is 89.8 Å². The molecule has 0 aliphatic heterocycles. The van der Waals surface area contributed by atoms with Gasteiger partial charge >= 0.3 is 5.97 Å². The van der Waals surface area contributed by atoms with Gasteiger partial charge in [-0.15, -0.1) is 11.8 Å². The third kappa shape index (κ3) is 6.49. The molecular formula is C29H34O7S. The molecule has 0 radical (unpaired) electrons. The Morgan fingerprint density at radius 3 is 2.14 bits per heavy atom. The Labute approximate surface area is 222 Å². The molecule has 0 saturated carbocycles. The largest absolute Gasteiger partial charge is 0.493 e. The average Bonchev–Trinajstić information content (AvgIpc) is 3.17. The van der Waals surface area contributed by atoms with E-state index in [1.165, 1.54) is 20.3 Å². The van der Waals surface area contributed by atoms with E-state index < -0.39 is 17.2 Å². The minimum Gasteiger partial charge on any atom is -0.493 e. The van der Waals surface area contributed by atoms with Gasteiger partial charge in [0.1, 0.15) is 11.2 Å². The van der Waals surface area contributed by atoms with Crippen LogP contribution in [0, 0.1) is 6.92 Å². The summed E-state index contributed by atoms with van der Waals surface area (Å²) < 4.78 is 28.5. The van der Waals surface area contributed by atoms with E-state index >= 15 is 0 Å². The topological polar surface area (TPSA) is 84.2 Å². The van der Waals surface area contributed by atoms with Crippen LogP contribution in [0.1, 0.15) is 56.3 Å². The third-order valence-corrected chi connectivity index (χ3v) is 6.25. The van der Waals surface area contributed by atoms with Crippen molar-refractivity contribution in [3.8, 4) is 17.2 Å². The van der Waals surface area contributed by atoms with Gasteiger partial charge < -0.3 is 23.4 Å². The Balaban J connectivity index is 1.90. The lowest BCUT2D eigenvalue weighted by atomic mass is 10.1. The van der Waals surface area contributed by atoms with E-state index in [1.54, 1.807) is 64.6 Å². The molecule has 1 heterocycles. The van der Waals surface area contributed by atoms with Gasteiger partial charge in [-0.3, -0.25) is 4.79 Å². The fourth-order valence-corrected chi connectivity index (χ4v) is 4.04. The van der Waals surface area contributed by atoms with Gasteiger partial charge in [0.05, 0.1) is 14.2 Å². The highest BCUT2D eigenvalue weighted by molar-refractivity contribution is 7.98. The summed E-state index contributed by atoms with van der Waals surface area (Å²) in [7, 11) is 2.97. The second kappa shape index (κ2) is 10.9. The van der Waals surface area contributed by atoms with Gasteiger partial charge in [-0.1, -0.05) is 6.08 Å². The van der Waals surface area contributed by atoms with Crippen LogP contribution in [0.5, 0.6) is 17.2 Å². The Morgan fingerprint density at radius 1 is 0.973 bits per heavy atom. The van der Waals surface area contributed by atoms with Crippen LogP contribution in [0.3, 0.4) is 0 Å². The molecule has 0 spiro atoms. The number of aryl methyl sites for hydroxylation is 1. The Kier molecular flexibility index (Phi) is 8.32. The number of rotatable bonds is 9. The summed E-state index contributed by atoms with van der Waals surface area (Å²) in [5, 5.41) is 0.909. The highest BCUT2D eigenvalue weighted by Crippen LogP contribution is 2.41. The highest BCUT2D eigenvalue weighted by atomic mass is 32.2. The normalized spacial score (nSPS) is 12.1. The molecule has 3 rings (SSSR count). The zero-order chi connectivity index (χ0) is 27.5. The minimum absolute atomic E-state index is 0.252. The maximum absolute atomic E-state index is 13.0. The fraction of sp³-hybridized carbons (Fsp3) is 0.379. The SMILES string of the molecule is COc1cc(/C=C/C(=O)c2oc3cc(SC)ccc3c2C)cc(OC)c1OC(C)(C)C(=O)OC(C)(C)C. The van der Waals surface area contributed by atoms with Gasteiger partial charge in [-0.2, -0.15) is 0 Å². The van der Waals surface area contributed by atoms with Crippen LogP contribution in [0.2, 0.25) is 0 Å². The molecule has 0 bridgehead atoms. The molecule has 37 heavy (non-hydrogen) atoms. The molecule has 0 atom stereocenters. The van der Waals surface area contributed by atoms with E-state index in [-0.39, 0.29) is 11.5 Å². The molecule has 0 unspecified atom stereocenters. The summed E-state index contributed by atoms with van der Waals surface area (Å²) in [6.45, 7) is 10.5. The van der Waals surface area contributed by atoms with Crippen LogP contribution in [-0.2, 0) is 9.53 Å². The van der Waals surface area contributed by atoms with Gasteiger partial charge in [0, 0.05) is 15.8 Å². The molecule has 0 fully saturated rings. The van der Waals surface area contributed by atoms with E-state index in [4.69, 9.17) is 23.4 Å². The molecule has 0 N–H and O–H groups in total. The molecule has 7 nitrogen and oxygen atoms in total. The average molecular weight is 527 g/mol. The molecule has 2 aromatic carbocycles. The first-order valence-corrected chi connectivity index (χ1v) is 13.0. The zero-order valence-corrected chi connectivity index (χ0v) is 23.6. The molecule has 8 heteroatoms. The number of ether oxygens (including phenoxy) is 4. The van der Waals surface area contributed by atoms with Crippen LogP contribution in [0.25, 0.3) is 17.0 Å². The van der Waals surface area contributed by atoms with E-state index in [0.717, 1.165) is 15.8 Å². The van der Waals surface area contributed by atoms with Gasteiger partial charge in [0.2, 0.25) is 17.1 Å². The quantitative estimate of drug-likeness (QED) is 0.129. The second-order valence-corrected chi connectivity index (χ2v) is 10.9. The van der Waals surface area contributed by atoms with Crippen molar-refractivity contribution in [3.63, 3.8) is 0 Å². The van der Waals surface area contributed by atoms with Crippen molar-refractivity contribution in [2.45, 2.75) is 57.6 Å². The molecule has 1 aromatic heterocycles. The number of methoxy groups -OCH3 is 2. The first-order valence-electron chi connectivity index (χ1n) is 11.8. The number of benzene rings is 2. The van der Waals surface area contributed by atoms with Crippen LogP contribution < -0.4 is 14.2 Å². The Hall–Kier alpha value is -3.39. The molecule has 3 aromatic rings. The molecule has 0 amide bonds. The summed E-state index contributed by atoms with van der Waals surface area (Å²) in [5.41, 5.74) is 0.139. The van der Waals surface area contributed by atoms with Gasteiger partial charge in [-0.25, -0.2) is 4.79 Å². The van der Waals surface area contributed by atoms with Crippen LogP contribution in [0.15, 0.2) is 45.7 Å². The predicted molar refractivity (Wildman–Crippen MR) is 146 cm³/mol. The maximum atomic E-state index is 13.0. The number of fused-ring (bicyclic) bond motifs is 1. The van der Waals surface area contributed by atoms with Crippen molar-refractivity contribution >= 4 is 40.6 Å². The minimum atomic E-state index is -1.31. The van der Waals surface area contributed by atoms with Crippen LogP contribution in [-0.4, -0.2) is 43.4 Å². The first kappa shape index (κ1) is 28.2. The Bertz CT molecular complexity index is 1320. The molecule has 198 valence electrons. The number of thioether (sulfide) groups is 1. The van der Waals surface area contributed by atoms with E-state index in [0.29, 0.717) is 28.4 Å². The van der Waals surface area contributed by atoms with Crippen molar-refractivity contribution in [2.24, 2.45) is 0 Å². The molecular weight excluding hydrogens is 492 g/mol. The van der Waals surface area contributed by atoms with Crippen molar-refractivity contribution < 1.29 is 33.0 Å². The summed E-state index contributed by atoms with van der Waals surface area (Å²) in [6, 6.07) is 9.30. The summed E-state index contributed by atoms with van der Waals surface area (Å²) in [5.74, 6) is 0.443. The van der Waals surface area contributed by atoms with Crippen molar-refractivity contribution in [1.29, 1.82) is 0 Å². The van der Waals surface area contributed by atoms with E-state index in [9.17, 15) is 9.59 Å². The summed E-state index contributed by atoms with van der Waals surface area (Å²) >= 11 is 1.61. The van der Waals surface area contributed by atoms with Crippen molar-refractivity contribution in [1.82, 2.24) is 0 Å². The standard InChI is InChI=1S/C29H34O7S/c1-17-20-12-11-19(37-9)16-22(20)34-25(17)21(30)13-10-18-14-23(32-7)26(24(15-18)33-8)35-29(5,6)27(31)36-28(2,3)4/h10-16H,1-9H3/b13-10+. The number of hydrogen-bond donors (Lipinski definition) is 0. The number of carbonyl (C=O) groups excluding carboxylic acids is 2. The smallest absolute Gasteiger partial charge is 0.350 e. The lowest BCUT2D eigenvalue weighted by Crippen LogP contribution is -2.43. The lowest BCUT2D eigenvalue weighted by Gasteiger charge is -2.30. The van der Waals surface area contributed by atoms with E-state index in [2.05, 4.69) is 0 Å². The van der Waals surface area contributed by atoms with Crippen molar-refractivity contribution in [3.05, 3.63) is 53.3 Å². The predicted octanol–water partition coefficient (Wildman–Crippen LogP) is 6.88. The Morgan fingerprint density at radius 2 is 1.59 bits per heavy atom. The highest BCUT2D eigenvalue weighted by Gasteiger charge is 2.36. The first-order chi connectivity index (χ1) is 17.3. The number of hydrogen-bond acceptors (Lipinski definition) is 8. The monoisotopic (exact) mass is 526 g/mol. The summed E-state index contributed by atoms with van der Waals surface area (Å²) in [4.78, 5) is 26.8. The number of allylic oxidation sites excluding steroid dienone is 1. The number of furan rings is 1. The second-order valence-electron chi connectivity index (χ2n) is 9.98. The number of esters is 1. The maximum Gasteiger partial charge on any atom is 0.350 e. The number of ketones is 1. The van der Waals surface area contributed by atoms with Crippen LogP contribution in [0.4, 0.5) is 0 Å². The van der Waals surface area contributed by atoms with Crippen LogP contribution >= 0.6 is 11.8 Å². The molecule has 0 aliphatic carbocycles. The van der Waals surface area contributed by atoms with Gasteiger partial charge in [0.15, 0.2) is 17.3 Å². The van der Waals surface area contributed by atoms with Gasteiger partial charge in [0.25, 0.3) is 0 Å². The summed E-state index contributed by atoms with van der Waals surface area (Å²) in [6.07, 6.45) is 5.08. The lowest BCUT2D eigenvalue weighted by molar-refractivity contribution is -0.171. The number of carbonyl (C=O) groups is 2. The fourth-order valence-electron chi connectivity index (χ4n) is 3.61. The molecule has 0 saturated heterocycles. The van der Waals surface area contributed by atoms with E-state index in [1.807, 2.05) is 31.4 Å². The third-order valence-electron chi connectivity index (χ3n) is 5.53. The molecule has 0 aliphatic rings. The van der Waals surface area contributed by atoms with Crippen molar-refractivity contribution in [2.75, 3.05) is 20.5 Å². The zero-order valence-electron chi connectivity index (χ0n) is 22.8.